The van der Waals surface area contributed by atoms with Gasteiger partial charge >= 0.3 is 11.9 Å². The summed E-state index contributed by atoms with van der Waals surface area (Å²) >= 11 is 0. The highest BCUT2D eigenvalue weighted by Crippen LogP contribution is 2.24. The van der Waals surface area contributed by atoms with Crippen LogP contribution in [0.5, 0.6) is 0 Å². The van der Waals surface area contributed by atoms with E-state index in [4.69, 9.17) is 9.47 Å². The van der Waals surface area contributed by atoms with E-state index in [1.165, 1.54) is 16.8 Å². The molecular formula is C30H28N4O6. The van der Waals surface area contributed by atoms with Gasteiger partial charge in [0.1, 0.15) is 0 Å². The summed E-state index contributed by atoms with van der Waals surface area (Å²) in [5.74, 6) is -1.86. The molecule has 0 aliphatic carbocycles. The summed E-state index contributed by atoms with van der Waals surface area (Å²) in [4.78, 5) is 51.5. The molecule has 0 unspecified atom stereocenters. The zero-order valence-electron chi connectivity index (χ0n) is 22.3. The van der Waals surface area contributed by atoms with E-state index in [2.05, 4.69) is 10.2 Å². The number of rotatable bonds is 9. The highest BCUT2D eigenvalue weighted by molar-refractivity contribution is 6.53. The summed E-state index contributed by atoms with van der Waals surface area (Å²) < 4.78 is 11.5. The van der Waals surface area contributed by atoms with Gasteiger partial charge in [0.2, 0.25) is 0 Å². The maximum atomic E-state index is 13.2. The zero-order chi connectivity index (χ0) is 28.6. The Balaban J connectivity index is 1.67. The number of benzene rings is 2. The van der Waals surface area contributed by atoms with Gasteiger partial charge in [-0.1, -0.05) is 54.1 Å². The van der Waals surface area contributed by atoms with Crippen molar-refractivity contribution in [3.8, 4) is 5.69 Å². The van der Waals surface area contributed by atoms with Gasteiger partial charge in [-0.3, -0.25) is 14.7 Å². The fourth-order valence-electron chi connectivity index (χ4n) is 3.87. The smallest absolute Gasteiger partial charge is 0.359 e. The number of para-hydroxylation sites is 2. The van der Waals surface area contributed by atoms with Gasteiger partial charge in [-0.2, -0.15) is 10.1 Å². The maximum absolute atomic E-state index is 13.2. The minimum atomic E-state index is -0.713. The van der Waals surface area contributed by atoms with Crippen LogP contribution in [0.4, 0.5) is 5.69 Å². The van der Waals surface area contributed by atoms with Crippen molar-refractivity contribution in [2.45, 2.75) is 20.8 Å². The van der Waals surface area contributed by atoms with Crippen molar-refractivity contribution in [3.05, 3.63) is 112 Å². The Morgan fingerprint density at radius 2 is 1.50 bits per heavy atom. The van der Waals surface area contributed by atoms with E-state index in [0.29, 0.717) is 16.9 Å². The van der Waals surface area contributed by atoms with E-state index < -0.39 is 23.4 Å². The molecule has 1 amide bonds. The number of H-pyrrole nitrogens is 1. The number of aromatic amines is 1. The van der Waals surface area contributed by atoms with E-state index in [-0.39, 0.29) is 35.8 Å². The molecule has 0 saturated heterocycles. The average molecular weight is 541 g/mol. The van der Waals surface area contributed by atoms with E-state index in [1.54, 1.807) is 81.5 Å². The first-order chi connectivity index (χ1) is 19.3. The molecule has 1 N–H and O–H groups in total. The minimum absolute atomic E-state index is 0.0133. The van der Waals surface area contributed by atoms with Crippen LogP contribution < -0.4 is 10.6 Å². The molecule has 0 fully saturated rings. The van der Waals surface area contributed by atoms with Gasteiger partial charge in [-0.05, 0) is 57.2 Å². The Morgan fingerprint density at radius 1 is 0.900 bits per heavy atom. The highest BCUT2D eigenvalue weighted by atomic mass is 16.5. The first-order valence-corrected chi connectivity index (χ1v) is 12.7. The molecule has 2 heterocycles. The SMILES string of the molecule is CCOC(=O)C1=NN(c2ccccc2)C(=O)C1=CC=C(C)C=Cc1c(C(=O)OCC)[nH]n(-c2ccccc2)c1=O. The van der Waals surface area contributed by atoms with Crippen molar-refractivity contribution in [1.29, 1.82) is 0 Å². The van der Waals surface area contributed by atoms with Crippen molar-refractivity contribution in [1.82, 2.24) is 9.78 Å². The molecule has 0 saturated carbocycles. The third kappa shape index (κ3) is 5.91. The second-order valence-electron chi connectivity index (χ2n) is 8.54. The second-order valence-corrected chi connectivity index (χ2v) is 8.54. The summed E-state index contributed by atoms with van der Waals surface area (Å²) in [5, 5.41) is 8.20. The number of esters is 2. The van der Waals surface area contributed by atoms with Crippen molar-refractivity contribution < 1.29 is 23.9 Å². The van der Waals surface area contributed by atoms with Crippen LogP contribution >= 0.6 is 0 Å². The molecule has 1 aliphatic rings. The van der Waals surface area contributed by atoms with Crippen LogP contribution in [0.1, 0.15) is 36.8 Å². The number of ether oxygens (including phenoxy) is 2. The van der Waals surface area contributed by atoms with Crippen molar-refractivity contribution >= 4 is 35.3 Å². The number of nitrogens with one attached hydrogen (secondary N) is 1. The van der Waals surface area contributed by atoms with Crippen molar-refractivity contribution in [3.63, 3.8) is 0 Å². The van der Waals surface area contributed by atoms with E-state index in [9.17, 15) is 19.2 Å². The highest BCUT2D eigenvalue weighted by Gasteiger charge is 2.35. The number of hydrogen-bond donors (Lipinski definition) is 1. The van der Waals surface area contributed by atoms with Crippen LogP contribution in [0, 0.1) is 0 Å². The minimum Gasteiger partial charge on any atom is -0.461 e. The molecule has 0 bridgehead atoms. The Bertz CT molecular complexity index is 1590. The average Bonchev–Trinajstić information content (AvgIpc) is 3.48. The normalized spacial score (nSPS) is 14.6. The molecule has 3 aromatic rings. The predicted octanol–water partition coefficient (Wildman–Crippen LogP) is 4.19. The molecule has 40 heavy (non-hydrogen) atoms. The largest absolute Gasteiger partial charge is 0.461 e. The van der Waals surface area contributed by atoms with E-state index in [0.717, 1.165) is 5.01 Å². The quantitative estimate of drug-likeness (QED) is 0.247. The van der Waals surface area contributed by atoms with Crippen LogP contribution in [-0.4, -0.2) is 46.6 Å². The summed E-state index contributed by atoms with van der Waals surface area (Å²) in [6.07, 6.45) is 6.21. The summed E-state index contributed by atoms with van der Waals surface area (Å²) in [6, 6.07) is 17.6. The summed E-state index contributed by atoms with van der Waals surface area (Å²) in [7, 11) is 0. The lowest BCUT2D eigenvalue weighted by molar-refractivity contribution is -0.135. The Hall–Kier alpha value is -5.25. The molecule has 1 aromatic heterocycles. The fourth-order valence-corrected chi connectivity index (χ4v) is 3.87. The molecule has 4 rings (SSSR count). The van der Waals surface area contributed by atoms with Crippen LogP contribution in [0.15, 0.2) is 99.9 Å². The monoisotopic (exact) mass is 540 g/mol. The second kappa shape index (κ2) is 12.5. The fraction of sp³-hybridized carbons (Fsp3) is 0.167. The molecular weight excluding hydrogens is 512 g/mol. The lowest BCUT2D eigenvalue weighted by Gasteiger charge is -2.10. The van der Waals surface area contributed by atoms with Gasteiger partial charge in [-0.25, -0.2) is 14.3 Å². The number of carbonyl (C=O) groups is 3. The molecule has 0 spiro atoms. The molecule has 10 heteroatoms. The first-order valence-electron chi connectivity index (χ1n) is 12.7. The molecule has 0 atom stereocenters. The number of aromatic nitrogens is 2. The lowest BCUT2D eigenvalue weighted by atomic mass is 10.1. The van der Waals surface area contributed by atoms with Gasteiger partial charge < -0.3 is 9.47 Å². The first kappa shape index (κ1) is 27.8. The van der Waals surface area contributed by atoms with Gasteiger partial charge in [-0.15, -0.1) is 0 Å². The van der Waals surface area contributed by atoms with Crippen molar-refractivity contribution in [2.24, 2.45) is 5.10 Å². The molecule has 2 aromatic carbocycles. The molecule has 10 nitrogen and oxygen atoms in total. The number of amides is 1. The van der Waals surface area contributed by atoms with Crippen LogP contribution in [0.25, 0.3) is 11.8 Å². The third-order valence-electron chi connectivity index (χ3n) is 5.79. The number of allylic oxidation sites excluding steroid dienone is 4. The van der Waals surface area contributed by atoms with Crippen LogP contribution in [-0.2, 0) is 19.1 Å². The van der Waals surface area contributed by atoms with E-state index in [1.807, 2.05) is 12.1 Å². The molecule has 0 radical (unpaired) electrons. The number of nitrogens with zero attached hydrogens (tertiary/aromatic N) is 3. The van der Waals surface area contributed by atoms with Crippen LogP contribution in [0.3, 0.4) is 0 Å². The number of hydrogen-bond acceptors (Lipinski definition) is 7. The topological polar surface area (TPSA) is 123 Å². The maximum Gasteiger partial charge on any atom is 0.359 e. The van der Waals surface area contributed by atoms with Gasteiger partial charge in [0.25, 0.3) is 11.5 Å². The number of anilines is 1. The standard InChI is InChI=1S/C30H28N4O6/c1-4-39-29(37)25-23(27(35)33(31-25)21-12-8-6-9-13-21)18-16-20(3)17-19-24-26(30(38)40-5-2)32-34(28(24)36)22-14-10-7-11-15-22/h6-19,31H,4-5H2,1-3H3. The van der Waals surface area contributed by atoms with Crippen LogP contribution in [0.2, 0.25) is 0 Å². The van der Waals surface area contributed by atoms with Gasteiger partial charge in [0.15, 0.2) is 11.4 Å². The number of hydrazone groups is 1. The Labute approximate surface area is 230 Å². The Kier molecular flexibility index (Phi) is 8.70. The third-order valence-corrected chi connectivity index (χ3v) is 5.79. The van der Waals surface area contributed by atoms with Crippen molar-refractivity contribution in [2.75, 3.05) is 18.2 Å². The predicted molar refractivity (Wildman–Crippen MR) is 151 cm³/mol. The summed E-state index contributed by atoms with van der Waals surface area (Å²) in [6.45, 7) is 5.36. The number of carbonyl (C=O) groups excluding carboxylic acids is 3. The molecule has 204 valence electrons. The van der Waals surface area contributed by atoms with Gasteiger partial charge in [0.05, 0.1) is 35.7 Å². The zero-order valence-corrected chi connectivity index (χ0v) is 22.3. The van der Waals surface area contributed by atoms with Gasteiger partial charge in [0, 0.05) is 0 Å². The Morgan fingerprint density at radius 3 is 2.12 bits per heavy atom. The van der Waals surface area contributed by atoms with E-state index >= 15 is 0 Å². The lowest BCUT2D eigenvalue weighted by Crippen LogP contribution is -2.22. The summed E-state index contributed by atoms with van der Waals surface area (Å²) in [5.41, 5.74) is 1.35. The molecule has 1 aliphatic heterocycles.